The molecule has 1 rings (SSSR count). The number of aliphatic carboxylic acids is 1. The van der Waals surface area contributed by atoms with Crippen molar-refractivity contribution in [2.24, 2.45) is 4.99 Å². The van der Waals surface area contributed by atoms with Crippen LogP contribution in [0.4, 0.5) is 4.79 Å². The average Bonchev–Trinajstić information content (AvgIpc) is 2.28. The highest BCUT2D eigenvalue weighted by atomic mass is 35.5. The van der Waals surface area contributed by atoms with Gasteiger partial charge in [-0.3, -0.25) is 4.90 Å². The molecular formula is C8H10ClN3O3S. The molecule has 1 heterocycles. The van der Waals surface area contributed by atoms with Gasteiger partial charge in [0.15, 0.2) is 0 Å². The lowest BCUT2D eigenvalue weighted by molar-refractivity contribution is -0.142. The van der Waals surface area contributed by atoms with Gasteiger partial charge in [-0.25, -0.2) is 14.6 Å². The van der Waals surface area contributed by atoms with Crippen molar-refractivity contribution in [1.29, 1.82) is 0 Å². The Morgan fingerprint density at radius 3 is 2.75 bits per heavy atom. The zero-order chi connectivity index (χ0) is 12.3. The van der Waals surface area contributed by atoms with E-state index in [4.69, 9.17) is 16.7 Å². The number of urea groups is 1. The highest BCUT2D eigenvalue weighted by molar-refractivity contribution is 8.00. The lowest BCUT2D eigenvalue weighted by atomic mass is 10.3. The summed E-state index contributed by atoms with van der Waals surface area (Å²) in [6, 6.07) is -0.591. The second-order valence-corrected chi connectivity index (χ2v) is 4.23. The fraction of sp³-hybridized carbons (Fsp3) is 0.375. The van der Waals surface area contributed by atoms with Crippen molar-refractivity contribution in [2.45, 2.75) is 4.99 Å². The van der Waals surface area contributed by atoms with Gasteiger partial charge in [-0.1, -0.05) is 11.6 Å². The predicted molar refractivity (Wildman–Crippen MR) is 62.6 cm³/mol. The third kappa shape index (κ3) is 2.00. The first-order chi connectivity index (χ1) is 7.47. The number of nitrogens with zero attached hydrogens (tertiary/aromatic N) is 2. The number of rotatable bonds is 2. The minimum atomic E-state index is -1.70. The number of carboxylic acid groups (broad SMARTS) is 1. The van der Waals surface area contributed by atoms with E-state index >= 15 is 0 Å². The Labute approximate surface area is 101 Å². The van der Waals surface area contributed by atoms with E-state index in [2.05, 4.69) is 10.3 Å². The first-order valence-electron chi connectivity index (χ1n) is 4.20. The number of carboxylic acids is 1. The maximum Gasteiger partial charge on any atom is 0.364 e. The normalized spacial score (nSPS) is 23.9. The second kappa shape index (κ2) is 4.75. The maximum atomic E-state index is 11.6. The molecule has 0 saturated heterocycles. The van der Waals surface area contributed by atoms with Crippen LogP contribution < -0.4 is 5.32 Å². The van der Waals surface area contributed by atoms with Crippen molar-refractivity contribution in [2.75, 3.05) is 13.3 Å². The number of hydrogen-bond acceptors (Lipinski definition) is 4. The SMILES string of the molecule is CNC(=O)N1C=C(Cl)C=NC1(SC)C(=O)O. The van der Waals surface area contributed by atoms with Crippen LogP contribution in [0.1, 0.15) is 0 Å². The molecule has 0 aromatic rings. The van der Waals surface area contributed by atoms with Crippen molar-refractivity contribution >= 4 is 41.6 Å². The third-order valence-corrected chi connectivity index (χ3v) is 3.18. The van der Waals surface area contributed by atoms with E-state index in [1.807, 2.05) is 0 Å². The van der Waals surface area contributed by atoms with Gasteiger partial charge in [0.2, 0.25) is 0 Å². The van der Waals surface area contributed by atoms with Crippen LogP contribution in [0, 0.1) is 0 Å². The molecule has 0 bridgehead atoms. The van der Waals surface area contributed by atoms with Crippen molar-refractivity contribution in [3.8, 4) is 0 Å². The van der Waals surface area contributed by atoms with Crippen LogP contribution in [-0.4, -0.2) is 46.5 Å². The summed E-state index contributed by atoms with van der Waals surface area (Å²) in [5.41, 5.74) is 0. The minimum absolute atomic E-state index is 0.189. The van der Waals surface area contributed by atoms with Gasteiger partial charge < -0.3 is 10.4 Å². The fourth-order valence-corrected chi connectivity index (χ4v) is 1.98. The van der Waals surface area contributed by atoms with Crippen molar-refractivity contribution in [3.63, 3.8) is 0 Å². The van der Waals surface area contributed by atoms with Crippen molar-refractivity contribution in [1.82, 2.24) is 10.2 Å². The molecule has 0 aliphatic carbocycles. The molecule has 1 aliphatic rings. The monoisotopic (exact) mass is 263 g/mol. The second-order valence-electron chi connectivity index (χ2n) is 2.81. The number of thioether (sulfide) groups is 1. The summed E-state index contributed by atoms with van der Waals surface area (Å²) in [6.07, 6.45) is 4.00. The van der Waals surface area contributed by atoms with Gasteiger partial charge in [-0.15, -0.1) is 11.8 Å². The molecule has 1 unspecified atom stereocenters. The van der Waals surface area contributed by atoms with E-state index in [9.17, 15) is 9.59 Å². The van der Waals surface area contributed by atoms with Gasteiger partial charge in [0.05, 0.1) is 5.03 Å². The van der Waals surface area contributed by atoms with Gasteiger partial charge in [0.1, 0.15) is 0 Å². The summed E-state index contributed by atoms with van der Waals surface area (Å²) >= 11 is 6.61. The van der Waals surface area contributed by atoms with E-state index in [0.29, 0.717) is 0 Å². The number of amides is 2. The highest BCUT2D eigenvalue weighted by Crippen LogP contribution is 2.33. The number of carbonyl (C=O) groups excluding carboxylic acids is 1. The molecular weight excluding hydrogens is 254 g/mol. The Kier molecular flexibility index (Phi) is 3.82. The average molecular weight is 264 g/mol. The Morgan fingerprint density at radius 2 is 2.31 bits per heavy atom. The number of carbonyl (C=O) groups is 2. The van der Waals surface area contributed by atoms with Gasteiger partial charge in [0.25, 0.3) is 4.99 Å². The van der Waals surface area contributed by atoms with Crippen LogP contribution in [0.3, 0.4) is 0 Å². The molecule has 0 radical (unpaired) electrons. The zero-order valence-electron chi connectivity index (χ0n) is 8.60. The molecule has 0 aromatic carbocycles. The molecule has 2 amide bonds. The Morgan fingerprint density at radius 1 is 1.69 bits per heavy atom. The maximum absolute atomic E-state index is 11.6. The van der Waals surface area contributed by atoms with Crippen LogP contribution in [-0.2, 0) is 4.79 Å². The van der Waals surface area contributed by atoms with Gasteiger partial charge in [0, 0.05) is 19.5 Å². The summed E-state index contributed by atoms with van der Waals surface area (Å²) in [6.45, 7) is 0. The van der Waals surface area contributed by atoms with E-state index in [-0.39, 0.29) is 5.03 Å². The summed E-state index contributed by atoms with van der Waals surface area (Å²) in [7, 11) is 1.40. The smallest absolute Gasteiger partial charge is 0.364 e. The number of halogens is 1. The van der Waals surface area contributed by atoms with Crippen LogP contribution >= 0.6 is 23.4 Å². The van der Waals surface area contributed by atoms with Crippen molar-refractivity contribution in [3.05, 3.63) is 11.2 Å². The summed E-state index contributed by atoms with van der Waals surface area (Å²) in [4.78, 5) is 25.8. The number of aliphatic imine (C=N–C) groups is 1. The summed E-state index contributed by atoms with van der Waals surface area (Å²) < 4.78 is 0. The van der Waals surface area contributed by atoms with E-state index in [0.717, 1.165) is 16.7 Å². The van der Waals surface area contributed by atoms with E-state index in [1.165, 1.54) is 19.5 Å². The molecule has 8 heteroatoms. The molecule has 6 nitrogen and oxygen atoms in total. The van der Waals surface area contributed by atoms with E-state index < -0.39 is 17.0 Å². The van der Waals surface area contributed by atoms with Crippen LogP contribution in [0.15, 0.2) is 16.2 Å². The highest BCUT2D eigenvalue weighted by Gasteiger charge is 2.47. The Hall–Kier alpha value is -1.21. The Balaban J connectivity index is 3.21. The minimum Gasteiger partial charge on any atom is -0.477 e. The number of nitrogens with one attached hydrogen (secondary N) is 1. The third-order valence-electron chi connectivity index (χ3n) is 1.94. The predicted octanol–water partition coefficient (Wildman–Crippen LogP) is 0.894. The topological polar surface area (TPSA) is 82.0 Å². The van der Waals surface area contributed by atoms with Crippen LogP contribution in [0.2, 0.25) is 0 Å². The molecule has 0 fully saturated rings. The van der Waals surface area contributed by atoms with Gasteiger partial charge in [-0.05, 0) is 6.26 Å². The molecule has 0 aromatic heterocycles. The van der Waals surface area contributed by atoms with Crippen LogP contribution in [0.5, 0.6) is 0 Å². The molecule has 16 heavy (non-hydrogen) atoms. The lowest BCUT2D eigenvalue weighted by Gasteiger charge is -2.35. The fourth-order valence-electron chi connectivity index (χ4n) is 1.17. The largest absolute Gasteiger partial charge is 0.477 e. The summed E-state index contributed by atoms with van der Waals surface area (Å²) in [5, 5.41) is 11.7. The first kappa shape index (κ1) is 12.9. The molecule has 0 spiro atoms. The Bertz CT molecular complexity index is 385. The molecule has 2 N–H and O–H groups in total. The molecule has 1 atom stereocenters. The number of allylic oxidation sites excluding steroid dienone is 1. The standard InChI is InChI=1S/C8H10ClN3O3S/c1-10-7(15)12-4-5(9)3-11-8(12,16-2)6(13)14/h3-4H,1-2H3,(H,10,15)(H,13,14). The van der Waals surface area contributed by atoms with Crippen molar-refractivity contribution < 1.29 is 14.7 Å². The lowest BCUT2D eigenvalue weighted by Crippen LogP contribution is -2.54. The van der Waals surface area contributed by atoms with Gasteiger partial charge >= 0.3 is 12.0 Å². The molecule has 1 aliphatic heterocycles. The first-order valence-corrected chi connectivity index (χ1v) is 5.80. The number of hydrogen-bond donors (Lipinski definition) is 2. The van der Waals surface area contributed by atoms with Crippen LogP contribution in [0.25, 0.3) is 0 Å². The quantitative estimate of drug-likeness (QED) is 0.775. The van der Waals surface area contributed by atoms with E-state index in [1.54, 1.807) is 6.26 Å². The zero-order valence-corrected chi connectivity index (χ0v) is 10.2. The molecule has 0 saturated carbocycles. The summed E-state index contributed by atoms with van der Waals surface area (Å²) in [5.74, 6) is -1.24. The molecule has 88 valence electrons. The van der Waals surface area contributed by atoms with Gasteiger partial charge in [-0.2, -0.15) is 0 Å².